The first-order valence-electron chi connectivity index (χ1n) is 6.66. The van der Waals surface area contributed by atoms with Gasteiger partial charge in [0.15, 0.2) is 11.5 Å². The standard InChI is InChI=1S/C16H18ClNO3/c1-3-21-16-8-11(4-6-14(16)19)10-18-13-9-12(17)5-7-15(13)20-2/h4-9,18-19H,3,10H2,1-2H3. The second-order valence-corrected chi connectivity index (χ2v) is 4.87. The number of aromatic hydroxyl groups is 1. The number of nitrogens with one attached hydrogen (secondary N) is 1. The predicted octanol–water partition coefficient (Wildman–Crippen LogP) is 4.07. The van der Waals surface area contributed by atoms with Crippen molar-refractivity contribution in [3.63, 3.8) is 0 Å². The van der Waals surface area contributed by atoms with Crippen LogP contribution < -0.4 is 14.8 Å². The van der Waals surface area contributed by atoms with E-state index in [1.54, 1.807) is 19.2 Å². The summed E-state index contributed by atoms with van der Waals surface area (Å²) in [5.74, 6) is 1.35. The molecule has 0 aromatic heterocycles. The van der Waals surface area contributed by atoms with Crippen molar-refractivity contribution in [1.29, 1.82) is 0 Å². The van der Waals surface area contributed by atoms with E-state index >= 15 is 0 Å². The first-order chi connectivity index (χ1) is 10.1. The number of hydrogen-bond donors (Lipinski definition) is 2. The first kappa shape index (κ1) is 15.3. The van der Waals surface area contributed by atoms with Gasteiger partial charge in [-0.1, -0.05) is 17.7 Å². The van der Waals surface area contributed by atoms with E-state index in [1.165, 1.54) is 0 Å². The van der Waals surface area contributed by atoms with Crippen molar-refractivity contribution in [2.45, 2.75) is 13.5 Å². The molecule has 0 unspecified atom stereocenters. The van der Waals surface area contributed by atoms with Gasteiger partial charge in [0.1, 0.15) is 5.75 Å². The van der Waals surface area contributed by atoms with E-state index in [0.29, 0.717) is 23.9 Å². The molecule has 0 atom stereocenters. The Hall–Kier alpha value is -2.07. The monoisotopic (exact) mass is 307 g/mol. The topological polar surface area (TPSA) is 50.7 Å². The molecular weight excluding hydrogens is 290 g/mol. The molecule has 0 radical (unpaired) electrons. The molecule has 0 fully saturated rings. The minimum absolute atomic E-state index is 0.140. The van der Waals surface area contributed by atoms with E-state index in [9.17, 15) is 5.11 Å². The molecule has 2 N–H and O–H groups in total. The van der Waals surface area contributed by atoms with Crippen molar-refractivity contribution in [1.82, 2.24) is 0 Å². The highest BCUT2D eigenvalue weighted by Crippen LogP contribution is 2.30. The van der Waals surface area contributed by atoms with Crippen molar-refractivity contribution >= 4 is 17.3 Å². The van der Waals surface area contributed by atoms with Gasteiger partial charge in [-0.25, -0.2) is 0 Å². The number of phenolic OH excluding ortho intramolecular Hbond substituents is 1. The lowest BCUT2D eigenvalue weighted by atomic mass is 10.2. The van der Waals surface area contributed by atoms with Crippen LogP contribution in [-0.2, 0) is 6.54 Å². The Morgan fingerprint density at radius 2 is 1.95 bits per heavy atom. The molecule has 0 aliphatic heterocycles. The summed E-state index contributed by atoms with van der Waals surface area (Å²) in [5, 5.41) is 13.6. The largest absolute Gasteiger partial charge is 0.504 e. The van der Waals surface area contributed by atoms with Gasteiger partial charge in [0, 0.05) is 11.6 Å². The quantitative estimate of drug-likeness (QED) is 0.845. The molecule has 5 heteroatoms. The zero-order chi connectivity index (χ0) is 15.2. The second-order valence-electron chi connectivity index (χ2n) is 4.43. The zero-order valence-corrected chi connectivity index (χ0v) is 12.8. The van der Waals surface area contributed by atoms with Gasteiger partial charge < -0.3 is 19.9 Å². The summed E-state index contributed by atoms with van der Waals surface area (Å²) in [6, 6.07) is 10.7. The van der Waals surface area contributed by atoms with Crippen LogP contribution in [0.5, 0.6) is 17.2 Å². The molecule has 0 saturated carbocycles. The third-order valence-electron chi connectivity index (χ3n) is 2.97. The summed E-state index contributed by atoms with van der Waals surface area (Å²) < 4.78 is 10.7. The first-order valence-corrected chi connectivity index (χ1v) is 7.04. The number of anilines is 1. The zero-order valence-electron chi connectivity index (χ0n) is 12.0. The molecule has 0 aliphatic carbocycles. The summed E-state index contributed by atoms with van der Waals surface area (Å²) in [6.45, 7) is 2.95. The fraction of sp³-hybridized carbons (Fsp3) is 0.250. The van der Waals surface area contributed by atoms with Gasteiger partial charge in [-0.05, 0) is 42.8 Å². The van der Waals surface area contributed by atoms with Gasteiger partial charge in [0.05, 0.1) is 19.4 Å². The Kier molecular flexibility index (Phi) is 5.17. The summed E-state index contributed by atoms with van der Waals surface area (Å²) >= 11 is 5.99. The maximum absolute atomic E-state index is 9.69. The number of ether oxygens (including phenoxy) is 2. The number of benzene rings is 2. The van der Waals surface area contributed by atoms with Gasteiger partial charge in [-0.3, -0.25) is 0 Å². The van der Waals surface area contributed by atoms with Crippen molar-refractivity contribution in [3.8, 4) is 17.2 Å². The smallest absolute Gasteiger partial charge is 0.161 e. The molecule has 0 saturated heterocycles. The summed E-state index contributed by atoms with van der Waals surface area (Å²) in [6.07, 6.45) is 0. The highest BCUT2D eigenvalue weighted by atomic mass is 35.5. The number of methoxy groups -OCH3 is 1. The Morgan fingerprint density at radius 1 is 1.14 bits per heavy atom. The Bertz CT molecular complexity index is 616. The third kappa shape index (κ3) is 3.95. The van der Waals surface area contributed by atoms with Crippen molar-refractivity contribution in [2.75, 3.05) is 19.0 Å². The lowest BCUT2D eigenvalue weighted by Gasteiger charge is -2.13. The summed E-state index contributed by atoms with van der Waals surface area (Å²) in [4.78, 5) is 0. The Morgan fingerprint density at radius 3 is 2.67 bits per heavy atom. The average Bonchev–Trinajstić information content (AvgIpc) is 2.48. The van der Waals surface area contributed by atoms with E-state index < -0.39 is 0 Å². The summed E-state index contributed by atoms with van der Waals surface area (Å²) in [7, 11) is 1.61. The number of rotatable bonds is 6. The molecule has 4 nitrogen and oxygen atoms in total. The fourth-order valence-corrected chi connectivity index (χ4v) is 2.13. The van der Waals surface area contributed by atoms with E-state index in [4.69, 9.17) is 21.1 Å². The van der Waals surface area contributed by atoms with Crippen LogP contribution in [-0.4, -0.2) is 18.8 Å². The lowest BCUT2D eigenvalue weighted by Crippen LogP contribution is -2.02. The van der Waals surface area contributed by atoms with Crippen LogP contribution in [0.1, 0.15) is 12.5 Å². The van der Waals surface area contributed by atoms with Crippen LogP contribution >= 0.6 is 11.6 Å². The molecule has 21 heavy (non-hydrogen) atoms. The highest BCUT2D eigenvalue weighted by Gasteiger charge is 2.06. The Balaban J connectivity index is 2.13. The predicted molar refractivity (Wildman–Crippen MR) is 84.6 cm³/mol. The van der Waals surface area contributed by atoms with Crippen LogP contribution in [0.2, 0.25) is 5.02 Å². The van der Waals surface area contributed by atoms with Gasteiger partial charge in [-0.2, -0.15) is 0 Å². The van der Waals surface area contributed by atoms with Gasteiger partial charge >= 0.3 is 0 Å². The molecule has 112 valence electrons. The molecule has 2 aromatic rings. The van der Waals surface area contributed by atoms with Gasteiger partial charge in [0.2, 0.25) is 0 Å². The van der Waals surface area contributed by atoms with E-state index in [0.717, 1.165) is 17.0 Å². The molecule has 0 amide bonds. The summed E-state index contributed by atoms with van der Waals surface area (Å²) in [5.41, 5.74) is 1.80. The normalized spacial score (nSPS) is 10.2. The average molecular weight is 308 g/mol. The van der Waals surface area contributed by atoms with Crippen LogP contribution in [0.3, 0.4) is 0 Å². The van der Waals surface area contributed by atoms with E-state index in [-0.39, 0.29) is 5.75 Å². The van der Waals surface area contributed by atoms with E-state index in [2.05, 4.69) is 5.32 Å². The van der Waals surface area contributed by atoms with Crippen molar-refractivity contribution in [3.05, 3.63) is 47.0 Å². The van der Waals surface area contributed by atoms with Gasteiger partial charge in [-0.15, -0.1) is 0 Å². The maximum atomic E-state index is 9.69. The number of phenols is 1. The molecule has 2 rings (SSSR count). The molecule has 0 aliphatic rings. The van der Waals surface area contributed by atoms with Crippen molar-refractivity contribution in [2.24, 2.45) is 0 Å². The SMILES string of the molecule is CCOc1cc(CNc2cc(Cl)ccc2OC)ccc1O. The minimum atomic E-state index is 0.140. The van der Waals surface area contributed by atoms with Crippen molar-refractivity contribution < 1.29 is 14.6 Å². The van der Waals surface area contributed by atoms with E-state index in [1.807, 2.05) is 31.2 Å². The lowest BCUT2D eigenvalue weighted by molar-refractivity contribution is 0.318. The molecule has 0 heterocycles. The Labute approximate surface area is 129 Å². The molecule has 0 spiro atoms. The number of hydrogen-bond acceptors (Lipinski definition) is 4. The van der Waals surface area contributed by atoms with Crippen LogP contribution in [0, 0.1) is 0 Å². The third-order valence-corrected chi connectivity index (χ3v) is 3.20. The van der Waals surface area contributed by atoms with Crippen LogP contribution in [0.15, 0.2) is 36.4 Å². The second kappa shape index (κ2) is 7.09. The highest BCUT2D eigenvalue weighted by molar-refractivity contribution is 6.30. The fourth-order valence-electron chi connectivity index (χ4n) is 1.96. The molecule has 0 bridgehead atoms. The van der Waals surface area contributed by atoms with Gasteiger partial charge in [0.25, 0.3) is 0 Å². The van der Waals surface area contributed by atoms with Crippen LogP contribution in [0.25, 0.3) is 0 Å². The maximum Gasteiger partial charge on any atom is 0.161 e. The number of halogens is 1. The molecule has 2 aromatic carbocycles. The van der Waals surface area contributed by atoms with Crippen LogP contribution in [0.4, 0.5) is 5.69 Å². The minimum Gasteiger partial charge on any atom is -0.504 e. The molecular formula is C16H18ClNO3.